The number of carbonyl (C=O) groups excluding carboxylic acids is 1. The van der Waals surface area contributed by atoms with Crippen molar-refractivity contribution in [1.29, 1.82) is 0 Å². The molecule has 0 aromatic heterocycles. The Hall–Kier alpha value is -2.34. The van der Waals surface area contributed by atoms with E-state index in [0.717, 1.165) is 16.7 Å². The average molecular weight is 375 g/mol. The molecule has 2 aromatic rings. The van der Waals surface area contributed by atoms with E-state index in [2.05, 4.69) is 5.32 Å². The second-order valence-corrected chi connectivity index (χ2v) is 8.48. The first kappa shape index (κ1) is 20.0. The van der Waals surface area contributed by atoms with Gasteiger partial charge in [0, 0.05) is 13.0 Å². The van der Waals surface area contributed by atoms with Crippen LogP contribution >= 0.6 is 0 Å². The zero-order valence-corrected chi connectivity index (χ0v) is 16.5. The highest BCUT2D eigenvalue weighted by atomic mass is 32.2. The third kappa shape index (κ3) is 5.33. The first-order valence-corrected chi connectivity index (χ1v) is 10.4. The van der Waals surface area contributed by atoms with Crippen LogP contribution in [0, 0.1) is 13.8 Å². The lowest BCUT2D eigenvalue weighted by atomic mass is 10.1. The number of nitrogens with one attached hydrogen (secondary N) is 1. The molecule has 2 rings (SSSR count). The second-order valence-electron chi connectivity index (χ2n) is 6.57. The molecular weight excluding hydrogens is 348 g/mol. The van der Waals surface area contributed by atoms with Crippen LogP contribution in [0.1, 0.15) is 36.1 Å². The van der Waals surface area contributed by atoms with Crippen LogP contribution in [0.3, 0.4) is 0 Å². The van der Waals surface area contributed by atoms with E-state index >= 15 is 0 Å². The zero-order chi connectivity index (χ0) is 19.3. The molecule has 0 saturated carbocycles. The van der Waals surface area contributed by atoms with Crippen molar-refractivity contribution in [2.75, 3.05) is 17.1 Å². The summed E-state index contributed by atoms with van der Waals surface area (Å²) in [5, 5.41) is 2.92. The molecule has 5 nitrogen and oxygen atoms in total. The Morgan fingerprint density at radius 1 is 1.12 bits per heavy atom. The highest BCUT2D eigenvalue weighted by Crippen LogP contribution is 2.24. The van der Waals surface area contributed by atoms with Gasteiger partial charge < -0.3 is 5.32 Å². The lowest BCUT2D eigenvalue weighted by Gasteiger charge is -2.25. The van der Waals surface area contributed by atoms with Crippen molar-refractivity contribution in [3.8, 4) is 0 Å². The molecule has 2 aromatic carbocycles. The van der Waals surface area contributed by atoms with Crippen molar-refractivity contribution in [1.82, 2.24) is 5.32 Å². The van der Waals surface area contributed by atoms with E-state index in [0.29, 0.717) is 5.69 Å². The van der Waals surface area contributed by atoms with Crippen LogP contribution < -0.4 is 9.62 Å². The zero-order valence-electron chi connectivity index (χ0n) is 15.7. The maximum Gasteiger partial charge on any atom is 0.232 e. The summed E-state index contributed by atoms with van der Waals surface area (Å²) in [6, 6.07) is 15.2. The van der Waals surface area contributed by atoms with Gasteiger partial charge in [-0.1, -0.05) is 42.5 Å². The van der Waals surface area contributed by atoms with E-state index in [9.17, 15) is 13.2 Å². The largest absolute Gasteiger partial charge is 0.350 e. The Balaban J connectivity index is 2.08. The molecule has 0 saturated heterocycles. The molecule has 0 fully saturated rings. The SMILES string of the molecule is Cc1ccc(C)c(N(CCC(=O)NC(C)c2ccccc2)S(C)(=O)=O)c1. The number of aryl methyl sites for hydroxylation is 2. The van der Waals surface area contributed by atoms with Crippen LogP contribution in [0.2, 0.25) is 0 Å². The molecule has 140 valence electrons. The molecule has 0 radical (unpaired) electrons. The maximum atomic E-state index is 12.3. The van der Waals surface area contributed by atoms with Gasteiger partial charge in [0.05, 0.1) is 18.0 Å². The Labute approximate surface area is 156 Å². The molecule has 1 N–H and O–H groups in total. The Kier molecular flexibility index (Phi) is 6.42. The molecule has 26 heavy (non-hydrogen) atoms. The minimum absolute atomic E-state index is 0.0949. The summed E-state index contributed by atoms with van der Waals surface area (Å²) < 4.78 is 25.8. The van der Waals surface area contributed by atoms with Gasteiger partial charge in [-0.2, -0.15) is 0 Å². The van der Waals surface area contributed by atoms with E-state index in [1.54, 1.807) is 0 Å². The number of hydrogen-bond acceptors (Lipinski definition) is 3. The van der Waals surface area contributed by atoms with Crippen molar-refractivity contribution in [2.45, 2.75) is 33.2 Å². The maximum absolute atomic E-state index is 12.3. The molecule has 6 heteroatoms. The van der Waals surface area contributed by atoms with Gasteiger partial charge in [-0.3, -0.25) is 9.10 Å². The quantitative estimate of drug-likeness (QED) is 0.808. The number of benzene rings is 2. The van der Waals surface area contributed by atoms with Crippen LogP contribution in [0.15, 0.2) is 48.5 Å². The molecular formula is C20H26N2O3S. The molecule has 0 aliphatic carbocycles. The van der Waals surface area contributed by atoms with Crippen molar-refractivity contribution in [2.24, 2.45) is 0 Å². The van der Waals surface area contributed by atoms with Gasteiger partial charge in [-0.05, 0) is 43.5 Å². The second kappa shape index (κ2) is 8.36. The number of carbonyl (C=O) groups is 1. The monoisotopic (exact) mass is 374 g/mol. The molecule has 1 unspecified atom stereocenters. The highest BCUT2D eigenvalue weighted by molar-refractivity contribution is 7.92. The van der Waals surface area contributed by atoms with E-state index in [4.69, 9.17) is 0 Å². The third-order valence-corrected chi connectivity index (χ3v) is 5.43. The predicted octanol–water partition coefficient (Wildman–Crippen LogP) is 3.34. The number of amides is 1. The summed E-state index contributed by atoms with van der Waals surface area (Å²) >= 11 is 0. The van der Waals surface area contributed by atoms with E-state index < -0.39 is 10.0 Å². The van der Waals surface area contributed by atoms with Crippen LogP contribution in [0.25, 0.3) is 0 Å². The van der Waals surface area contributed by atoms with E-state index in [-0.39, 0.29) is 24.9 Å². The van der Waals surface area contributed by atoms with Gasteiger partial charge >= 0.3 is 0 Å². The first-order chi connectivity index (χ1) is 12.2. The molecule has 0 spiro atoms. The summed E-state index contributed by atoms with van der Waals surface area (Å²) in [7, 11) is -3.48. The third-order valence-electron chi connectivity index (χ3n) is 4.25. The first-order valence-electron chi connectivity index (χ1n) is 8.58. The summed E-state index contributed by atoms with van der Waals surface area (Å²) in [5.74, 6) is -0.180. The minimum Gasteiger partial charge on any atom is -0.350 e. The molecule has 1 atom stereocenters. The van der Waals surface area contributed by atoms with Gasteiger partial charge in [-0.25, -0.2) is 8.42 Å². The standard InChI is InChI=1S/C20H26N2O3S/c1-15-10-11-16(2)19(14-15)22(26(4,24)25)13-12-20(23)21-17(3)18-8-6-5-7-9-18/h5-11,14,17H,12-13H2,1-4H3,(H,21,23). The number of sulfonamides is 1. The summed E-state index contributed by atoms with van der Waals surface area (Å²) in [6.07, 6.45) is 1.26. The van der Waals surface area contributed by atoms with Crippen molar-refractivity contribution in [3.63, 3.8) is 0 Å². The minimum atomic E-state index is -3.48. The fourth-order valence-corrected chi connectivity index (χ4v) is 3.77. The Morgan fingerprint density at radius 2 is 1.77 bits per heavy atom. The van der Waals surface area contributed by atoms with Crippen LogP contribution in [0.4, 0.5) is 5.69 Å². The fourth-order valence-electron chi connectivity index (χ4n) is 2.79. The summed E-state index contributed by atoms with van der Waals surface area (Å²) in [4.78, 5) is 12.3. The van der Waals surface area contributed by atoms with Crippen molar-refractivity contribution >= 4 is 21.6 Å². The van der Waals surface area contributed by atoms with E-state index in [1.807, 2.05) is 69.3 Å². The van der Waals surface area contributed by atoms with Crippen molar-refractivity contribution in [3.05, 3.63) is 65.2 Å². The van der Waals surface area contributed by atoms with Crippen molar-refractivity contribution < 1.29 is 13.2 Å². The number of nitrogens with zero attached hydrogens (tertiary/aromatic N) is 1. The van der Waals surface area contributed by atoms with Gasteiger partial charge in [0.2, 0.25) is 15.9 Å². The number of anilines is 1. The smallest absolute Gasteiger partial charge is 0.232 e. The van der Waals surface area contributed by atoms with E-state index in [1.165, 1.54) is 10.6 Å². The molecule has 0 bridgehead atoms. The molecule has 0 heterocycles. The van der Waals surface area contributed by atoms with Crippen LogP contribution in [-0.4, -0.2) is 27.1 Å². The Morgan fingerprint density at radius 3 is 2.38 bits per heavy atom. The number of hydrogen-bond donors (Lipinski definition) is 1. The van der Waals surface area contributed by atoms with Gasteiger partial charge in [-0.15, -0.1) is 0 Å². The highest BCUT2D eigenvalue weighted by Gasteiger charge is 2.21. The fraction of sp³-hybridized carbons (Fsp3) is 0.350. The predicted molar refractivity (Wildman–Crippen MR) is 106 cm³/mol. The average Bonchev–Trinajstić information content (AvgIpc) is 2.57. The number of rotatable bonds is 7. The van der Waals surface area contributed by atoms with Gasteiger partial charge in [0.1, 0.15) is 0 Å². The van der Waals surface area contributed by atoms with Crippen LogP contribution in [-0.2, 0) is 14.8 Å². The molecule has 0 aliphatic heterocycles. The molecule has 0 aliphatic rings. The lowest BCUT2D eigenvalue weighted by molar-refractivity contribution is -0.121. The summed E-state index contributed by atoms with van der Waals surface area (Å²) in [6.45, 7) is 5.80. The van der Waals surface area contributed by atoms with Gasteiger partial charge in [0.25, 0.3) is 0 Å². The normalized spacial score (nSPS) is 12.5. The lowest BCUT2D eigenvalue weighted by Crippen LogP contribution is -2.35. The Bertz CT molecular complexity index is 864. The topological polar surface area (TPSA) is 66.5 Å². The van der Waals surface area contributed by atoms with Gasteiger partial charge in [0.15, 0.2) is 0 Å². The summed E-state index contributed by atoms with van der Waals surface area (Å²) in [5.41, 5.74) is 3.47. The van der Waals surface area contributed by atoms with Crippen LogP contribution in [0.5, 0.6) is 0 Å². The molecule has 1 amide bonds.